The van der Waals surface area contributed by atoms with Gasteiger partial charge in [0.1, 0.15) is 0 Å². The molecule has 0 spiro atoms. The highest BCUT2D eigenvalue weighted by atomic mass is 16.5. The average Bonchev–Trinajstić information content (AvgIpc) is 3.04. The molecule has 1 heterocycles. The normalized spacial score (nSPS) is 12.0. The molecule has 0 bridgehead atoms. The Bertz CT molecular complexity index is 1050. The molecule has 1 amide bonds. The van der Waals surface area contributed by atoms with Gasteiger partial charge >= 0.3 is 5.97 Å². The van der Waals surface area contributed by atoms with Gasteiger partial charge in [0.15, 0.2) is 0 Å². The minimum atomic E-state index is -0.993. The van der Waals surface area contributed by atoms with Crippen LogP contribution in [0.1, 0.15) is 28.6 Å². The Morgan fingerprint density at radius 1 is 1.00 bits per heavy atom. The van der Waals surface area contributed by atoms with Crippen LogP contribution in [0.15, 0.2) is 66.7 Å². The Morgan fingerprint density at radius 2 is 1.60 bits per heavy atom. The molecule has 0 N–H and O–H groups in total. The highest BCUT2D eigenvalue weighted by molar-refractivity contribution is 5.91. The van der Waals surface area contributed by atoms with Crippen LogP contribution in [0, 0.1) is 13.8 Å². The fourth-order valence-electron chi connectivity index (χ4n) is 3.15. The molecule has 30 heavy (non-hydrogen) atoms. The number of hydrogen-bond donors (Lipinski definition) is 0. The van der Waals surface area contributed by atoms with E-state index in [0.717, 1.165) is 22.6 Å². The van der Waals surface area contributed by atoms with Gasteiger partial charge in [-0.2, -0.15) is 5.10 Å². The van der Waals surface area contributed by atoms with Crippen LogP contribution in [0.5, 0.6) is 0 Å². The second kappa shape index (κ2) is 9.22. The number of esters is 1. The molecule has 0 radical (unpaired) electrons. The number of carbonyl (C=O) groups is 2. The van der Waals surface area contributed by atoms with E-state index in [1.807, 2.05) is 54.9 Å². The van der Waals surface area contributed by atoms with Gasteiger partial charge in [-0.15, -0.1) is 0 Å². The van der Waals surface area contributed by atoms with Crippen molar-refractivity contribution in [1.82, 2.24) is 14.7 Å². The van der Waals surface area contributed by atoms with Crippen molar-refractivity contribution in [2.45, 2.75) is 20.0 Å². The number of carbonyl (C=O) groups excluding carboxylic acids is 2. The summed E-state index contributed by atoms with van der Waals surface area (Å²) in [5.74, 6) is -0.891. The van der Waals surface area contributed by atoms with E-state index in [-0.39, 0.29) is 5.91 Å². The SMILES string of the molecule is Cc1nn(-c2ccccc2)c(C)c1/C=C/C(=O)O[C@@H](C(=O)N(C)C)c1ccccc1. The van der Waals surface area contributed by atoms with Gasteiger partial charge in [-0.25, -0.2) is 9.48 Å². The molecule has 1 aromatic heterocycles. The quantitative estimate of drug-likeness (QED) is 0.463. The zero-order chi connectivity index (χ0) is 21.7. The first-order valence-electron chi connectivity index (χ1n) is 9.65. The van der Waals surface area contributed by atoms with E-state index >= 15 is 0 Å². The number of benzene rings is 2. The van der Waals surface area contributed by atoms with Crippen molar-refractivity contribution in [3.05, 3.63) is 89.3 Å². The van der Waals surface area contributed by atoms with E-state index in [4.69, 9.17) is 4.74 Å². The van der Waals surface area contributed by atoms with E-state index in [1.165, 1.54) is 11.0 Å². The molecule has 2 aromatic carbocycles. The summed E-state index contributed by atoms with van der Waals surface area (Å²) in [7, 11) is 3.26. The summed E-state index contributed by atoms with van der Waals surface area (Å²) in [6.07, 6.45) is 2.03. The lowest BCUT2D eigenvalue weighted by Crippen LogP contribution is -2.30. The number of amides is 1. The molecule has 6 heteroatoms. The lowest BCUT2D eigenvalue weighted by Gasteiger charge is -2.20. The minimum absolute atomic E-state index is 0.299. The van der Waals surface area contributed by atoms with Gasteiger partial charge in [-0.3, -0.25) is 4.79 Å². The monoisotopic (exact) mass is 403 g/mol. The van der Waals surface area contributed by atoms with Crippen LogP contribution < -0.4 is 0 Å². The number of likely N-dealkylation sites (N-methyl/N-ethyl adjacent to an activating group) is 1. The van der Waals surface area contributed by atoms with E-state index in [2.05, 4.69) is 5.10 Å². The number of aryl methyl sites for hydroxylation is 1. The number of para-hydroxylation sites is 1. The first-order chi connectivity index (χ1) is 14.4. The van der Waals surface area contributed by atoms with Crippen molar-refractivity contribution >= 4 is 18.0 Å². The van der Waals surface area contributed by atoms with Gasteiger partial charge in [0.25, 0.3) is 5.91 Å². The van der Waals surface area contributed by atoms with Crippen molar-refractivity contribution < 1.29 is 14.3 Å². The molecule has 154 valence electrons. The third-order valence-corrected chi connectivity index (χ3v) is 4.74. The molecule has 3 rings (SSSR count). The standard InChI is InChI=1S/C24H25N3O3/c1-17-21(18(2)27(25-17)20-13-9-6-10-14-20)15-16-22(28)30-23(24(29)26(3)4)19-11-7-5-8-12-19/h5-16,23H,1-4H3/b16-15+/t23-/m1/s1. The van der Waals surface area contributed by atoms with Crippen LogP contribution in [0.3, 0.4) is 0 Å². The summed E-state index contributed by atoms with van der Waals surface area (Å²) < 4.78 is 7.34. The van der Waals surface area contributed by atoms with Crippen LogP contribution in [0.4, 0.5) is 0 Å². The van der Waals surface area contributed by atoms with Crippen molar-refractivity contribution in [3.63, 3.8) is 0 Å². The third-order valence-electron chi connectivity index (χ3n) is 4.74. The maximum Gasteiger partial charge on any atom is 0.331 e. The lowest BCUT2D eigenvalue weighted by molar-refractivity contribution is -0.155. The highest BCUT2D eigenvalue weighted by Gasteiger charge is 2.25. The summed E-state index contributed by atoms with van der Waals surface area (Å²) in [4.78, 5) is 26.5. The predicted molar refractivity (Wildman–Crippen MR) is 116 cm³/mol. The number of nitrogens with zero attached hydrogens (tertiary/aromatic N) is 3. The second-order valence-corrected chi connectivity index (χ2v) is 7.13. The molecule has 0 unspecified atom stereocenters. The largest absolute Gasteiger partial charge is 0.444 e. The predicted octanol–water partition coefficient (Wildman–Crippen LogP) is 3.88. The Hall–Kier alpha value is -3.67. The van der Waals surface area contributed by atoms with Gasteiger partial charge in [0.2, 0.25) is 6.10 Å². The van der Waals surface area contributed by atoms with Crippen LogP contribution in [0.25, 0.3) is 11.8 Å². The molecule has 0 saturated carbocycles. The molecule has 0 aliphatic heterocycles. The third kappa shape index (κ3) is 4.66. The Balaban J connectivity index is 1.81. The van der Waals surface area contributed by atoms with Gasteiger partial charge < -0.3 is 9.64 Å². The number of aromatic nitrogens is 2. The molecular formula is C24H25N3O3. The van der Waals surface area contributed by atoms with Crippen LogP contribution in [0.2, 0.25) is 0 Å². The Kier molecular flexibility index (Phi) is 6.47. The topological polar surface area (TPSA) is 64.4 Å². The maximum absolute atomic E-state index is 12.5. The summed E-state index contributed by atoms with van der Waals surface area (Å²) in [5, 5.41) is 4.57. The van der Waals surface area contributed by atoms with Crippen molar-refractivity contribution in [2.24, 2.45) is 0 Å². The molecule has 1 atom stereocenters. The minimum Gasteiger partial charge on any atom is -0.444 e. The highest BCUT2D eigenvalue weighted by Crippen LogP contribution is 2.22. The van der Waals surface area contributed by atoms with Gasteiger partial charge in [-0.05, 0) is 32.1 Å². The summed E-state index contributed by atoms with van der Waals surface area (Å²) in [6, 6.07) is 18.8. The summed E-state index contributed by atoms with van der Waals surface area (Å²) in [6.45, 7) is 3.83. The molecule has 0 saturated heterocycles. The Morgan fingerprint density at radius 3 is 2.20 bits per heavy atom. The first kappa shape index (κ1) is 21.0. The molecule has 3 aromatic rings. The van der Waals surface area contributed by atoms with Crippen LogP contribution in [-0.2, 0) is 14.3 Å². The summed E-state index contributed by atoms with van der Waals surface area (Å²) in [5.41, 5.74) is 4.12. The van der Waals surface area contributed by atoms with Crippen molar-refractivity contribution in [2.75, 3.05) is 14.1 Å². The zero-order valence-electron chi connectivity index (χ0n) is 17.6. The van der Waals surface area contributed by atoms with E-state index in [1.54, 1.807) is 44.4 Å². The van der Waals surface area contributed by atoms with E-state index in [0.29, 0.717) is 5.56 Å². The Labute approximate surface area is 176 Å². The van der Waals surface area contributed by atoms with Crippen molar-refractivity contribution in [1.29, 1.82) is 0 Å². The number of rotatable bonds is 6. The molecule has 6 nitrogen and oxygen atoms in total. The van der Waals surface area contributed by atoms with E-state index in [9.17, 15) is 9.59 Å². The van der Waals surface area contributed by atoms with E-state index < -0.39 is 12.1 Å². The number of hydrogen-bond acceptors (Lipinski definition) is 4. The molecule has 0 aliphatic carbocycles. The zero-order valence-corrected chi connectivity index (χ0v) is 17.6. The number of ether oxygens (including phenoxy) is 1. The average molecular weight is 403 g/mol. The first-order valence-corrected chi connectivity index (χ1v) is 9.65. The van der Waals surface area contributed by atoms with Crippen LogP contribution in [-0.4, -0.2) is 40.7 Å². The van der Waals surface area contributed by atoms with Crippen molar-refractivity contribution in [3.8, 4) is 5.69 Å². The van der Waals surface area contributed by atoms with Crippen LogP contribution >= 0.6 is 0 Å². The second-order valence-electron chi connectivity index (χ2n) is 7.13. The maximum atomic E-state index is 12.5. The lowest BCUT2D eigenvalue weighted by atomic mass is 10.1. The molecule has 0 fully saturated rings. The fourth-order valence-corrected chi connectivity index (χ4v) is 3.15. The van der Waals surface area contributed by atoms with Gasteiger partial charge in [0, 0.05) is 37.0 Å². The molecular weight excluding hydrogens is 378 g/mol. The van der Waals surface area contributed by atoms with Gasteiger partial charge in [-0.1, -0.05) is 48.5 Å². The van der Waals surface area contributed by atoms with Gasteiger partial charge in [0.05, 0.1) is 11.4 Å². The fraction of sp³-hybridized carbons (Fsp3) is 0.208. The molecule has 0 aliphatic rings. The smallest absolute Gasteiger partial charge is 0.331 e. The summed E-state index contributed by atoms with van der Waals surface area (Å²) >= 11 is 0.